The first kappa shape index (κ1) is 19.4. The summed E-state index contributed by atoms with van der Waals surface area (Å²) in [6, 6.07) is 3.36. The number of anilines is 2. The first-order valence-corrected chi connectivity index (χ1v) is 10.2. The van der Waals surface area contributed by atoms with E-state index in [9.17, 15) is 13.2 Å². The normalized spacial score (nSPS) is 18.4. The van der Waals surface area contributed by atoms with Crippen LogP contribution in [0.25, 0.3) is 0 Å². The Bertz CT molecular complexity index is 848. The van der Waals surface area contributed by atoms with Crippen LogP contribution < -0.4 is 9.80 Å². The van der Waals surface area contributed by atoms with Gasteiger partial charge in [0.15, 0.2) is 0 Å². The van der Waals surface area contributed by atoms with Gasteiger partial charge in [0, 0.05) is 44.5 Å². The summed E-state index contributed by atoms with van der Waals surface area (Å²) in [5, 5.41) is 0. The molecule has 2 fully saturated rings. The molecule has 0 spiro atoms. The van der Waals surface area contributed by atoms with Crippen LogP contribution in [-0.2, 0) is 6.18 Å². The predicted molar refractivity (Wildman–Crippen MR) is 105 cm³/mol. The van der Waals surface area contributed by atoms with Gasteiger partial charge in [-0.2, -0.15) is 13.2 Å². The van der Waals surface area contributed by atoms with Gasteiger partial charge in [-0.15, -0.1) is 0 Å². The van der Waals surface area contributed by atoms with Gasteiger partial charge in [0.2, 0.25) is 0 Å². The number of rotatable bonds is 4. The van der Waals surface area contributed by atoms with Crippen molar-refractivity contribution in [2.75, 3.05) is 29.9 Å². The number of hydrogen-bond donors (Lipinski definition) is 0. The molecule has 1 saturated carbocycles. The van der Waals surface area contributed by atoms with Crippen molar-refractivity contribution in [2.24, 2.45) is 0 Å². The minimum atomic E-state index is -4.39. The van der Waals surface area contributed by atoms with Crippen LogP contribution in [0.3, 0.4) is 0 Å². The second-order valence-electron chi connectivity index (χ2n) is 7.40. The Morgan fingerprint density at radius 1 is 1.14 bits per heavy atom. The molecule has 2 aliphatic rings. The Kier molecular flexibility index (Phi) is 5.20. The van der Waals surface area contributed by atoms with Crippen LogP contribution in [-0.4, -0.2) is 41.1 Å². The van der Waals surface area contributed by atoms with E-state index >= 15 is 0 Å². The molecule has 0 unspecified atom stereocenters. The highest BCUT2D eigenvalue weighted by Gasteiger charge is 2.33. The fourth-order valence-electron chi connectivity index (χ4n) is 3.57. The number of nitrogens with zero attached hydrogens (tertiary/aromatic N) is 5. The van der Waals surface area contributed by atoms with Gasteiger partial charge in [-0.3, -0.25) is 0 Å². The van der Waals surface area contributed by atoms with Gasteiger partial charge < -0.3 is 9.80 Å². The average molecular weight is 456 g/mol. The highest BCUT2D eigenvalue weighted by Crippen LogP contribution is 2.38. The van der Waals surface area contributed by atoms with Gasteiger partial charge in [-0.1, -0.05) is 0 Å². The Balaban J connectivity index is 1.41. The zero-order valence-corrected chi connectivity index (χ0v) is 17.0. The molecule has 9 heteroatoms. The predicted octanol–water partition coefficient (Wildman–Crippen LogP) is 4.64. The maximum Gasteiger partial charge on any atom is 0.417 e. The van der Waals surface area contributed by atoms with Gasteiger partial charge >= 0.3 is 6.18 Å². The number of piperidine rings is 1. The highest BCUT2D eigenvalue weighted by molar-refractivity contribution is 9.10. The summed E-state index contributed by atoms with van der Waals surface area (Å²) in [4.78, 5) is 17.4. The fraction of sp³-hybridized carbons (Fsp3) is 0.526. The first-order valence-electron chi connectivity index (χ1n) is 9.36. The number of halogens is 4. The summed E-state index contributed by atoms with van der Waals surface area (Å²) in [6.07, 6.45) is 2.44. The van der Waals surface area contributed by atoms with E-state index < -0.39 is 11.7 Å². The third-order valence-electron chi connectivity index (χ3n) is 5.42. The first-order chi connectivity index (χ1) is 13.3. The van der Waals surface area contributed by atoms with E-state index in [1.807, 2.05) is 24.2 Å². The van der Waals surface area contributed by atoms with Crippen LogP contribution in [0.4, 0.5) is 24.8 Å². The summed E-state index contributed by atoms with van der Waals surface area (Å²) in [5.41, 5.74) is -0.743. The number of pyridine rings is 1. The van der Waals surface area contributed by atoms with E-state index in [4.69, 9.17) is 4.98 Å². The smallest absolute Gasteiger partial charge is 0.356 e. The Labute approximate surface area is 170 Å². The Hall–Kier alpha value is -1.90. The molecule has 150 valence electrons. The number of alkyl halides is 3. The molecule has 28 heavy (non-hydrogen) atoms. The zero-order chi connectivity index (χ0) is 19.9. The maximum atomic E-state index is 12.8. The molecular weight excluding hydrogens is 435 g/mol. The number of hydrogen-bond acceptors (Lipinski definition) is 5. The lowest BCUT2D eigenvalue weighted by molar-refractivity contribution is -0.137. The molecule has 0 bridgehead atoms. The van der Waals surface area contributed by atoms with Crippen LogP contribution in [0.15, 0.2) is 29.0 Å². The molecule has 1 aliphatic heterocycles. The van der Waals surface area contributed by atoms with Gasteiger partial charge in [0.05, 0.1) is 10.0 Å². The van der Waals surface area contributed by atoms with Crippen molar-refractivity contribution < 1.29 is 13.2 Å². The minimum absolute atomic E-state index is 0.325. The van der Waals surface area contributed by atoms with Crippen LogP contribution in [0.5, 0.6) is 0 Å². The molecule has 0 aromatic carbocycles. The summed E-state index contributed by atoms with van der Waals surface area (Å²) < 4.78 is 38.9. The summed E-state index contributed by atoms with van der Waals surface area (Å²) in [6.45, 7) is 1.46. The molecular formula is C19H21BrF3N5. The third kappa shape index (κ3) is 4.09. The van der Waals surface area contributed by atoms with Crippen molar-refractivity contribution in [3.05, 3.63) is 40.4 Å². The SMILES string of the molecule is CN(c1ccnc(C2CC2)n1)C1CCN(c2ncc(C(F)(F)F)cc2Br)CC1. The lowest BCUT2D eigenvalue weighted by atomic mass is 10.0. The van der Waals surface area contributed by atoms with Crippen LogP contribution in [0.2, 0.25) is 0 Å². The van der Waals surface area contributed by atoms with Crippen molar-refractivity contribution in [3.63, 3.8) is 0 Å². The average Bonchev–Trinajstić information content (AvgIpc) is 3.52. The zero-order valence-electron chi connectivity index (χ0n) is 15.5. The van der Waals surface area contributed by atoms with Crippen LogP contribution in [0, 0.1) is 0 Å². The third-order valence-corrected chi connectivity index (χ3v) is 6.01. The minimum Gasteiger partial charge on any atom is -0.356 e. The highest BCUT2D eigenvalue weighted by atomic mass is 79.9. The molecule has 1 saturated heterocycles. The van der Waals surface area contributed by atoms with E-state index in [2.05, 4.69) is 30.8 Å². The van der Waals surface area contributed by atoms with Gasteiger partial charge in [0.25, 0.3) is 0 Å². The molecule has 3 heterocycles. The fourth-order valence-corrected chi connectivity index (χ4v) is 4.17. The van der Waals surface area contributed by atoms with Crippen LogP contribution in [0.1, 0.15) is 43.0 Å². The molecule has 0 radical (unpaired) electrons. The van der Waals surface area contributed by atoms with Crippen molar-refractivity contribution in [3.8, 4) is 0 Å². The molecule has 0 amide bonds. The Morgan fingerprint density at radius 3 is 2.46 bits per heavy atom. The molecule has 2 aromatic heterocycles. The monoisotopic (exact) mass is 455 g/mol. The molecule has 2 aromatic rings. The van der Waals surface area contributed by atoms with E-state index in [0.717, 1.165) is 49.8 Å². The quantitative estimate of drug-likeness (QED) is 0.671. The van der Waals surface area contributed by atoms with Gasteiger partial charge in [-0.25, -0.2) is 15.0 Å². The molecule has 5 nitrogen and oxygen atoms in total. The van der Waals surface area contributed by atoms with Crippen molar-refractivity contribution >= 4 is 27.6 Å². The molecule has 0 N–H and O–H groups in total. The Morgan fingerprint density at radius 2 is 1.86 bits per heavy atom. The van der Waals surface area contributed by atoms with Gasteiger partial charge in [0.1, 0.15) is 17.5 Å². The summed E-state index contributed by atoms with van der Waals surface area (Å²) >= 11 is 3.25. The van der Waals surface area contributed by atoms with Crippen molar-refractivity contribution in [1.82, 2.24) is 15.0 Å². The van der Waals surface area contributed by atoms with Crippen molar-refractivity contribution in [1.29, 1.82) is 0 Å². The topological polar surface area (TPSA) is 45.2 Å². The molecule has 0 atom stereocenters. The number of aromatic nitrogens is 3. The maximum absolute atomic E-state index is 12.8. The molecule has 1 aliphatic carbocycles. The summed E-state index contributed by atoms with van der Waals surface area (Å²) in [5.74, 6) is 2.94. The van der Waals surface area contributed by atoms with E-state index in [1.54, 1.807) is 0 Å². The second kappa shape index (κ2) is 7.50. The van der Waals surface area contributed by atoms with Gasteiger partial charge in [-0.05, 0) is 53.7 Å². The molecule has 4 rings (SSSR count). The van der Waals surface area contributed by atoms with E-state index in [1.165, 1.54) is 12.8 Å². The summed E-state index contributed by atoms with van der Waals surface area (Å²) in [7, 11) is 2.05. The lowest BCUT2D eigenvalue weighted by Crippen LogP contribution is -2.44. The lowest BCUT2D eigenvalue weighted by Gasteiger charge is -2.38. The standard InChI is InChI=1S/C19H21BrF3N5/c1-27(16-4-7-24-17(26-16)12-2-3-12)14-5-8-28(9-6-14)18-15(20)10-13(11-25-18)19(21,22)23/h4,7,10-12,14H,2-3,5-6,8-9H2,1H3. The van der Waals surface area contributed by atoms with Crippen molar-refractivity contribution in [2.45, 2.75) is 43.8 Å². The second-order valence-corrected chi connectivity index (χ2v) is 8.26. The van der Waals surface area contributed by atoms with Crippen LogP contribution >= 0.6 is 15.9 Å². The van der Waals surface area contributed by atoms with E-state index in [0.29, 0.717) is 22.3 Å². The largest absolute Gasteiger partial charge is 0.417 e. The van der Waals surface area contributed by atoms with E-state index in [-0.39, 0.29) is 0 Å².